The van der Waals surface area contributed by atoms with Crippen LogP contribution < -0.4 is 5.73 Å². The van der Waals surface area contributed by atoms with Gasteiger partial charge in [-0.25, -0.2) is 4.79 Å². The van der Waals surface area contributed by atoms with Crippen LogP contribution in [0.2, 0.25) is 0 Å². The van der Waals surface area contributed by atoms with Crippen LogP contribution in [0, 0.1) is 0 Å². The molecule has 0 spiro atoms. The number of carbonyl (C=O) groups is 1. The Hall–Kier alpha value is -0.536. The quantitative estimate of drug-likeness (QED) is 0.334. The van der Waals surface area contributed by atoms with E-state index in [9.17, 15) is 4.79 Å². The Bertz CT molecular complexity index is 403. The van der Waals surface area contributed by atoms with E-state index in [-0.39, 0.29) is 20.5 Å². The molecular formula is C13H32N2O7Si2. The van der Waals surface area contributed by atoms with Gasteiger partial charge in [-0.2, -0.15) is 0 Å². The minimum Gasteiger partial charge on any atom is -0.358 e. The molecule has 0 aromatic rings. The van der Waals surface area contributed by atoms with Gasteiger partial charge in [0, 0.05) is 42.7 Å². The first kappa shape index (κ1) is 23.5. The number of nitrogens with two attached hydrogens (primary N) is 1. The second kappa shape index (κ2) is 8.23. The van der Waals surface area contributed by atoms with Gasteiger partial charge in [-0.3, -0.25) is 4.90 Å². The molecule has 2 atom stereocenters. The molecule has 144 valence electrons. The van der Waals surface area contributed by atoms with E-state index >= 15 is 0 Å². The summed E-state index contributed by atoms with van der Waals surface area (Å²) in [6, 6.07) is -0.774. The molecule has 0 radical (unpaired) electrons. The van der Waals surface area contributed by atoms with Crippen molar-refractivity contribution >= 4 is 26.5 Å². The highest BCUT2D eigenvalue weighted by molar-refractivity contribution is 6.20. The van der Waals surface area contributed by atoms with E-state index in [1.165, 1.54) is 47.6 Å². The lowest BCUT2D eigenvalue weighted by Crippen LogP contribution is -2.80. The minimum atomic E-state index is -1.32. The second-order valence-corrected chi connectivity index (χ2v) is 8.47. The number of ether oxygens (including phenoxy) is 6. The molecule has 11 heteroatoms. The summed E-state index contributed by atoms with van der Waals surface area (Å²) in [5, 5.41) is -2.64. The van der Waals surface area contributed by atoms with E-state index in [0.29, 0.717) is 0 Å². The Labute approximate surface area is 149 Å². The van der Waals surface area contributed by atoms with Crippen molar-refractivity contribution < 1.29 is 33.2 Å². The van der Waals surface area contributed by atoms with Crippen molar-refractivity contribution in [2.45, 2.75) is 36.1 Å². The average Bonchev–Trinajstić information content (AvgIpc) is 2.58. The SMILES string of the molecule is COC(C)(OC)C([SiH3])(OC)N(C(N)=O)C([SiH3])(OC)C(C)(OC)OC. The average molecular weight is 385 g/mol. The lowest BCUT2D eigenvalue weighted by atomic mass is 10.1. The van der Waals surface area contributed by atoms with Gasteiger partial charge in [0.1, 0.15) is 0 Å². The molecular weight excluding hydrogens is 352 g/mol. The number of carbonyl (C=O) groups excluding carboxylic acids is 1. The van der Waals surface area contributed by atoms with E-state index < -0.39 is 28.3 Å². The molecule has 0 rings (SSSR count). The van der Waals surface area contributed by atoms with Gasteiger partial charge in [0.15, 0.2) is 10.7 Å². The minimum absolute atomic E-state index is 0.285. The molecule has 0 bridgehead atoms. The van der Waals surface area contributed by atoms with Gasteiger partial charge in [-0.15, -0.1) is 0 Å². The number of amides is 2. The van der Waals surface area contributed by atoms with Crippen molar-refractivity contribution in [1.82, 2.24) is 4.90 Å². The predicted molar refractivity (Wildman–Crippen MR) is 95.6 cm³/mol. The Kier molecular flexibility index (Phi) is 8.04. The summed E-state index contributed by atoms with van der Waals surface area (Å²) in [6.07, 6.45) is 0. The maximum Gasteiger partial charge on any atom is 0.319 e. The molecule has 0 aromatic carbocycles. The monoisotopic (exact) mass is 384 g/mol. The number of rotatable bonds is 10. The van der Waals surface area contributed by atoms with Crippen LogP contribution in [0.3, 0.4) is 0 Å². The summed E-state index contributed by atoms with van der Waals surface area (Å²) in [7, 11) is 9.32. The van der Waals surface area contributed by atoms with Crippen molar-refractivity contribution in [3.63, 3.8) is 0 Å². The highest BCUT2D eigenvalue weighted by Gasteiger charge is 2.63. The van der Waals surface area contributed by atoms with E-state index in [1.807, 2.05) is 0 Å². The lowest BCUT2D eigenvalue weighted by molar-refractivity contribution is -0.362. The van der Waals surface area contributed by atoms with Crippen LogP contribution in [0.5, 0.6) is 0 Å². The first-order valence-corrected chi connectivity index (χ1v) is 9.34. The van der Waals surface area contributed by atoms with Gasteiger partial charge >= 0.3 is 6.03 Å². The molecule has 2 N–H and O–H groups in total. The van der Waals surface area contributed by atoms with Crippen LogP contribution in [0.1, 0.15) is 13.8 Å². The highest BCUT2D eigenvalue weighted by atomic mass is 28.2. The van der Waals surface area contributed by atoms with Gasteiger partial charge in [0.2, 0.25) is 11.6 Å². The molecule has 0 saturated heterocycles. The van der Waals surface area contributed by atoms with E-state index in [2.05, 4.69) is 0 Å². The molecule has 0 aliphatic carbocycles. The normalized spacial score (nSPS) is 18.2. The molecule has 0 fully saturated rings. The Balaban J connectivity index is 6.61. The van der Waals surface area contributed by atoms with Crippen LogP contribution in [0.4, 0.5) is 4.79 Å². The zero-order valence-electron chi connectivity index (χ0n) is 16.4. The number of nitrogens with zero attached hydrogens (tertiary/aromatic N) is 1. The number of hydrogen-bond acceptors (Lipinski definition) is 7. The van der Waals surface area contributed by atoms with E-state index in [4.69, 9.17) is 34.2 Å². The zero-order valence-corrected chi connectivity index (χ0v) is 20.4. The molecule has 9 nitrogen and oxygen atoms in total. The van der Waals surface area contributed by atoms with Crippen LogP contribution in [0.15, 0.2) is 0 Å². The summed E-state index contributed by atoms with van der Waals surface area (Å²) in [4.78, 5) is 13.7. The van der Waals surface area contributed by atoms with Crippen LogP contribution >= 0.6 is 0 Å². The molecule has 2 amide bonds. The van der Waals surface area contributed by atoms with Crippen molar-refractivity contribution in [1.29, 1.82) is 0 Å². The maximum atomic E-state index is 12.5. The van der Waals surface area contributed by atoms with E-state index in [1.54, 1.807) is 13.8 Å². The highest BCUT2D eigenvalue weighted by Crippen LogP contribution is 2.40. The van der Waals surface area contributed by atoms with E-state index in [0.717, 1.165) is 0 Å². The standard InChI is InChI=1S/C13H32N2O7Si2/c1-10(17-3,18-4)12(23,21-7)15(9(14)16)13(24,22-8)11(2,19-5)20-6/h1-8,23-24H3,(H2,14,16). The maximum absolute atomic E-state index is 12.5. The Morgan fingerprint density at radius 2 is 1.00 bits per heavy atom. The smallest absolute Gasteiger partial charge is 0.319 e. The van der Waals surface area contributed by atoms with Gasteiger partial charge in [-0.1, -0.05) is 0 Å². The molecule has 0 heterocycles. The molecule has 0 aliphatic heterocycles. The summed E-state index contributed by atoms with van der Waals surface area (Å²) in [6.45, 7) is 3.32. The zero-order chi connectivity index (χ0) is 19.4. The molecule has 0 aromatic heterocycles. The third-order valence-electron chi connectivity index (χ3n) is 5.11. The Morgan fingerprint density at radius 3 is 1.12 bits per heavy atom. The topological polar surface area (TPSA) is 102 Å². The van der Waals surface area contributed by atoms with Crippen molar-refractivity contribution in [3.8, 4) is 0 Å². The van der Waals surface area contributed by atoms with Gasteiger partial charge < -0.3 is 34.2 Å². The first-order chi connectivity index (χ1) is 10.9. The fraction of sp³-hybridized carbons (Fsp3) is 0.923. The van der Waals surface area contributed by atoms with Crippen molar-refractivity contribution in [3.05, 3.63) is 0 Å². The summed E-state index contributed by atoms with van der Waals surface area (Å²) >= 11 is 0. The Morgan fingerprint density at radius 1 is 0.750 bits per heavy atom. The molecule has 0 aliphatic rings. The van der Waals surface area contributed by atoms with Crippen LogP contribution in [0.25, 0.3) is 0 Å². The van der Waals surface area contributed by atoms with Crippen LogP contribution in [-0.4, -0.2) is 96.3 Å². The largest absolute Gasteiger partial charge is 0.358 e. The molecule has 2 unspecified atom stereocenters. The van der Waals surface area contributed by atoms with Crippen molar-refractivity contribution in [2.75, 3.05) is 42.7 Å². The fourth-order valence-corrected chi connectivity index (χ4v) is 5.27. The van der Waals surface area contributed by atoms with Gasteiger partial charge in [-0.05, 0) is 13.8 Å². The number of primary amides is 1. The summed E-state index contributed by atoms with van der Waals surface area (Å²) in [5.74, 6) is -2.58. The number of methoxy groups -OCH3 is 6. The predicted octanol–water partition coefficient (Wildman–Crippen LogP) is -2.28. The third-order valence-corrected chi connectivity index (χ3v) is 8.64. The number of hydrogen-bond donors (Lipinski definition) is 1. The van der Waals surface area contributed by atoms with Crippen molar-refractivity contribution in [2.24, 2.45) is 5.73 Å². The summed E-state index contributed by atoms with van der Waals surface area (Å²) in [5.41, 5.74) is 5.72. The third kappa shape index (κ3) is 3.39. The van der Waals surface area contributed by atoms with Gasteiger partial charge in [0.05, 0.1) is 20.5 Å². The molecule has 0 saturated carbocycles. The van der Waals surface area contributed by atoms with Gasteiger partial charge in [0.25, 0.3) is 0 Å². The fourth-order valence-electron chi connectivity index (χ4n) is 2.71. The number of urea groups is 1. The first-order valence-electron chi connectivity index (χ1n) is 7.34. The second-order valence-electron chi connectivity index (χ2n) is 5.76. The van der Waals surface area contributed by atoms with Crippen LogP contribution in [-0.2, 0) is 28.4 Å². The molecule has 24 heavy (non-hydrogen) atoms. The summed E-state index contributed by atoms with van der Waals surface area (Å²) < 4.78 is 33.5. The lowest BCUT2D eigenvalue weighted by Gasteiger charge is -2.58.